The molecule has 2 heterocycles. The molecule has 4 rings (SSSR count). The molecule has 0 spiro atoms. The summed E-state index contributed by atoms with van der Waals surface area (Å²) in [6, 6.07) is 13.3. The van der Waals surface area contributed by atoms with E-state index >= 15 is 0 Å². The zero-order valence-corrected chi connectivity index (χ0v) is 15.3. The standard InChI is InChI=1S/C21H21N3O3/c1-13-7-8-19(27-2)18(9-13)23-20(25)14-11-24(12-14)21(26)16-10-22-17-6-4-3-5-15(16)17/h3-10,14,22H,11-12H2,1-2H3,(H,23,25). The summed E-state index contributed by atoms with van der Waals surface area (Å²) in [5.41, 5.74) is 3.27. The van der Waals surface area contributed by atoms with Crippen LogP contribution in [0, 0.1) is 12.8 Å². The van der Waals surface area contributed by atoms with Gasteiger partial charge in [-0.2, -0.15) is 0 Å². The number of amides is 2. The van der Waals surface area contributed by atoms with E-state index in [0.29, 0.717) is 30.1 Å². The molecule has 2 aromatic carbocycles. The van der Waals surface area contributed by atoms with Gasteiger partial charge in [-0.15, -0.1) is 0 Å². The first-order valence-corrected chi connectivity index (χ1v) is 8.87. The molecule has 6 nitrogen and oxygen atoms in total. The Balaban J connectivity index is 1.41. The maximum absolute atomic E-state index is 12.7. The zero-order valence-electron chi connectivity index (χ0n) is 15.3. The van der Waals surface area contributed by atoms with Gasteiger partial charge in [0, 0.05) is 30.2 Å². The van der Waals surface area contributed by atoms with Crippen LogP contribution in [-0.2, 0) is 4.79 Å². The Morgan fingerprint density at radius 1 is 1.19 bits per heavy atom. The van der Waals surface area contributed by atoms with Gasteiger partial charge in [0.25, 0.3) is 5.91 Å². The minimum atomic E-state index is -0.218. The second kappa shape index (κ2) is 6.79. The van der Waals surface area contributed by atoms with Crippen LogP contribution in [0.15, 0.2) is 48.7 Å². The van der Waals surface area contributed by atoms with Gasteiger partial charge in [-0.25, -0.2) is 0 Å². The van der Waals surface area contributed by atoms with Gasteiger partial charge in [-0.1, -0.05) is 24.3 Å². The number of carbonyl (C=O) groups is 2. The third-order valence-electron chi connectivity index (χ3n) is 4.97. The molecular formula is C21H21N3O3. The Morgan fingerprint density at radius 2 is 1.96 bits per heavy atom. The molecule has 27 heavy (non-hydrogen) atoms. The summed E-state index contributed by atoms with van der Waals surface area (Å²) in [7, 11) is 1.57. The average molecular weight is 363 g/mol. The molecule has 2 N–H and O–H groups in total. The topological polar surface area (TPSA) is 74.4 Å². The van der Waals surface area contributed by atoms with E-state index in [1.54, 1.807) is 18.2 Å². The van der Waals surface area contributed by atoms with E-state index in [1.165, 1.54) is 0 Å². The molecular weight excluding hydrogens is 342 g/mol. The van der Waals surface area contributed by atoms with E-state index in [-0.39, 0.29) is 17.7 Å². The molecule has 1 aromatic heterocycles. The van der Waals surface area contributed by atoms with Crippen molar-refractivity contribution in [3.05, 3.63) is 59.8 Å². The SMILES string of the molecule is COc1ccc(C)cc1NC(=O)C1CN(C(=O)c2c[nH]c3ccccc23)C1. The number of nitrogens with zero attached hydrogens (tertiary/aromatic N) is 1. The molecule has 0 aliphatic carbocycles. The molecule has 0 bridgehead atoms. The fourth-order valence-corrected chi connectivity index (χ4v) is 3.38. The number of H-pyrrole nitrogens is 1. The highest BCUT2D eigenvalue weighted by atomic mass is 16.5. The number of likely N-dealkylation sites (tertiary alicyclic amines) is 1. The van der Waals surface area contributed by atoms with Crippen LogP contribution >= 0.6 is 0 Å². The Morgan fingerprint density at radius 3 is 2.74 bits per heavy atom. The number of aromatic amines is 1. The Labute approximate surface area is 157 Å². The van der Waals surface area contributed by atoms with Gasteiger partial charge in [0.2, 0.25) is 5.91 Å². The molecule has 138 valence electrons. The van der Waals surface area contributed by atoms with Crippen LogP contribution in [0.3, 0.4) is 0 Å². The second-order valence-electron chi connectivity index (χ2n) is 6.85. The van der Waals surface area contributed by atoms with E-state index in [1.807, 2.05) is 49.4 Å². The van der Waals surface area contributed by atoms with Crippen LogP contribution in [0.2, 0.25) is 0 Å². The number of rotatable bonds is 4. The van der Waals surface area contributed by atoms with Gasteiger partial charge in [0.15, 0.2) is 0 Å². The predicted molar refractivity (Wildman–Crippen MR) is 104 cm³/mol. The minimum absolute atomic E-state index is 0.0513. The second-order valence-corrected chi connectivity index (χ2v) is 6.85. The average Bonchev–Trinajstić information content (AvgIpc) is 3.04. The van der Waals surface area contributed by atoms with E-state index in [2.05, 4.69) is 10.3 Å². The quantitative estimate of drug-likeness (QED) is 0.748. The highest BCUT2D eigenvalue weighted by Crippen LogP contribution is 2.28. The minimum Gasteiger partial charge on any atom is -0.495 e. The number of benzene rings is 2. The lowest BCUT2D eigenvalue weighted by atomic mass is 9.97. The molecule has 0 atom stereocenters. The Hall–Kier alpha value is -3.28. The number of methoxy groups -OCH3 is 1. The number of para-hydroxylation sites is 1. The van der Waals surface area contributed by atoms with Crippen LogP contribution in [0.5, 0.6) is 5.75 Å². The maximum Gasteiger partial charge on any atom is 0.256 e. The van der Waals surface area contributed by atoms with Crippen molar-refractivity contribution in [2.24, 2.45) is 5.92 Å². The van der Waals surface area contributed by atoms with Crippen molar-refractivity contribution < 1.29 is 14.3 Å². The van der Waals surface area contributed by atoms with Gasteiger partial charge < -0.3 is 19.9 Å². The largest absolute Gasteiger partial charge is 0.495 e. The third kappa shape index (κ3) is 3.14. The van der Waals surface area contributed by atoms with Gasteiger partial charge in [0.05, 0.1) is 24.3 Å². The van der Waals surface area contributed by atoms with Crippen LogP contribution < -0.4 is 10.1 Å². The Bertz CT molecular complexity index is 1020. The summed E-state index contributed by atoms with van der Waals surface area (Å²) in [4.78, 5) is 30.1. The lowest BCUT2D eigenvalue weighted by molar-refractivity contribution is -0.123. The monoisotopic (exact) mass is 363 g/mol. The van der Waals surface area contributed by atoms with Crippen molar-refractivity contribution >= 4 is 28.4 Å². The molecule has 0 saturated carbocycles. The molecule has 0 radical (unpaired) electrons. The summed E-state index contributed by atoms with van der Waals surface area (Å²) < 4.78 is 5.30. The summed E-state index contributed by atoms with van der Waals surface area (Å²) in [5, 5.41) is 3.82. The van der Waals surface area contributed by atoms with Crippen LogP contribution in [0.25, 0.3) is 10.9 Å². The lowest BCUT2D eigenvalue weighted by Gasteiger charge is -2.38. The lowest BCUT2D eigenvalue weighted by Crippen LogP contribution is -2.54. The fourth-order valence-electron chi connectivity index (χ4n) is 3.38. The van der Waals surface area contributed by atoms with Gasteiger partial charge in [-0.3, -0.25) is 9.59 Å². The molecule has 0 unspecified atom stereocenters. The summed E-state index contributed by atoms with van der Waals surface area (Å²) in [5.74, 6) is 0.260. The number of anilines is 1. The maximum atomic E-state index is 12.7. The molecule has 1 aliphatic heterocycles. The van der Waals surface area contributed by atoms with E-state index in [4.69, 9.17) is 4.74 Å². The molecule has 3 aromatic rings. The zero-order chi connectivity index (χ0) is 19.0. The van der Waals surface area contributed by atoms with Crippen molar-refractivity contribution in [1.82, 2.24) is 9.88 Å². The first kappa shape index (κ1) is 17.1. The van der Waals surface area contributed by atoms with Gasteiger partial charge in [-0.05, 0) is 30.7 Å². The number of carbonyl (C=O) groups excluding carboxylic acids is 2. The van der Waals surface area contributed by atoms with Crippen LogP contribution in [0.4, 0.5) is 5.69 Å². The first-order chi connectivity index (χ1) is 13.1. The van der Waals surface area contributed by atoms with Crippen molar-refractivity contribution in [1.29, 1.82) is 0 Å². The van der Waals surface area contributed by atoms with E-state index < -0.39 is 0 Å². The smallest absolute Gasteiger partial charge is 0.256 e. The molecule has 1 aliphatic rings. The summed E-state index contributed by atoms with van der Waals surface area (Å²) in [6.07, 6.45) is 1.73. The normalized spacial score (nSPS) is 14.1. The number of ether oxygens (including phenoxy) is 1. The van der Waals surface area contributed by atoms with Crippen molar-refractivity contribution in [2.75, 3.05) is 25.5 Å². The van der Waals surface area contributed by atoms with E-state index in [9.17, 15) is 9.59 Å². The van der Waals surface area contributed by atoms with Gasteiger partial charge >= 0.3 is 0 Å². The first-order valence-electron chi connectivity index (χ1n) is 8.87. The summed E-state index contributed by atoms with van der Waals surface area (Å²) in [6.45, 7) is 2.79. The van der Waals surface area contributed by atoms with Crippen LogP contribution in [0.1, 0.15) is 15.9 Å². The highest BCUT2D eigenvalue weighted by Gasteiger charge is 2.37. The Kier molecular flexibility index (Phi) is 4.32. The number of aromatic nitrogens is 1. The number of fused-ring (bicyclic) bond motifs is 1. The van der Waals surface area contributed by atoms with Crippen molar-refractivity contribution in [3.8, 4) is 5.75 Å². The number of aryl methyl sites for hydroxylation is 1. The number of hydrogen-bond acceptors (Lipinski definition) is 3. The predicted octanol–water partition coefficient (Wildman–Crippen LogP) is 3.20. The molecule has 1 saturated heterocycles. The molecule has 6 heteroatoms. The number of nitrogens with one attached hydrogen (secondary N) is 2. The summed E-state index contributed by atoms with van der Waals surface area (Å²) >= 11 is 0. The van der Waals surface area contributed by atoms with E-state index in [0.717, 1.165) is 16.5 Å². The fraction of sp³-hybridized carbons (Fsp3) is 0.238. The highest BCUT2D eigenvalue weighted by molar-refractivity contribution is 6.07. The molecule has 2 amide bonds. The third-order valence-corrected chi connectivity index (χ3v) is 4.97. The van der Waals surface area contributed by atoms with Crippen LogP contribution in [-0.4, -0.2) is 41.9 Å². The number of hydrogen-bond donors (Lipinski definition) is 2. The van der Waals surface area contributed by atoms with Crippen molar-refractivity contribution in [2.45, 2.75) is 6.92 Å². The molecule has 1 fully saturated rings. The van der Waals surface area contributed by atoms with Crippen molar-refractivity contribution in [3.63, 3.8) is 0 Å². The van der Waals surface area contributed by atoms with Gasteiger partial charge in [0.1, 0.15) is 5.75 Å².